The van der Waals surface area contributed by atoms with Crippen LogP contribution < -0.4 is 0 Å². The number of benzene rings is 6. The largest absolute Gasteiger partial charge is 0.305 e. The second kappa shape index (κ2) is 18.5. The summed E-state index contributed by atoms with van der Waals surface area (Å²) in [6.07, 6.45) is 5.86. The van der Waals surface area contributed by atoms with E-state index in [4.69, 9.17) is 4.98 Å². The van der Waals surface area contributed by atoms with E-state index in [1.807, 2.05) is 48.7 Å². The smallest absolute Gasteiger partial charge is 0.0167 e. The number of hydrogen-bond donors (Lipinski definition) is 0. The van der Waals surface area contributed by atoms with Gasteiger partial charge in [-0.05, 0) is 121 Å². The summed E-state index contributed by atoms with van der Waals surface area (Å²) >= 11 is 0. The molecule has 0 spiro atoms. The van der Waals surface area contributed by atoms with Crippen LogP contribution in [-0.4, -0.2) is 9.97 Å². The van der Waals surface area contributed by atoms with Gasteiger partial charge in [-0.15, -0.1) is 70.8 Å². The molecule has 0 aliphatic carbocycles. The summed E-state index contributed by atoms with van der Waals surface area (Å²) in [5.41, 5.74) is 12.4. The summed E-state index contributed by atoms with van der Waals surface area (Å²) in [4.78, 5) is 9.16. The average Bonchev–Trinajstić information content (AvgIpc) is 3.20. The van der Waals surface area contributed by atoms with Crippen LogP contribution in [0.25, 0.3) is 66.0 Å². The van der Waals surface area contributed by atoms with Crippen molar-refractivity contribution in [2.24, 2.45) is 11.8 Å². The molecular weight excluding hydrogens is 869 g/mol. The first-order chi connectivity index (χ1) is 27.1. The Morgan fingerprint density at radius 3 is 1.86 bits per heavy atom. The minimum Gasteiger partial charge on any atom is -0.305 e. The van der Waals surface area contributed by atoms with Gasteiger partial charge in [-0.25, -0.2) is 0 Å². The summed E-state index contributed by atoms with van der Waals surface area (Å²) in [6, 6.07) is 50.5. The van der Waals surface area contributed by atoms with E-state index in [2.05, 4.69) is 151 Å². The van der Waals surface area contributed by atoms with Crippen molar-refractivity contribution >= 4 is 32.3 Å². The van der Waals surface area contributed by atoms with Gasteiger partial charge in [0, 0.05) is 32.5 Å². The second-order valence-corrected chi connectivity index (χ2v) is 16.7. The first kappa shape index (κ1) is 41.7. The van der Waals surface area contributed by atoms with E-state index >= 15 is 0 Å². The van der Waals surface area contributed by atoms with Crippen molar-refractivity contribution in [3.8, 4) is 33.6 Å². The van der Waals surface area contributed by atoms with Gasteiger partial charge in [0.15, 0.2) is 0 Å². The number of nitrogens with zero attached hydrogens (tertiary/aromatic N) is 2. The maximum absolute atomic E-state index is 4.95. The summed E-state index contributed by atoms with van der Waals surface area (Å²) in [5.74, 6) is 2.12. The average molecular weight is 923 g/mol. The summed E-state index contributed by atoms with van der Waals surface area (Å²) in [6.45, 7) is 18.4. The fraction of sp³-hybridized carbons (Fsp3) is 0.259. The van der Waals surface area contributed by atoms with Gasteiger partial charge in [0.25, 0.3) is 0 Å². The van der Waals surface area contributed by atoms with Crippen LogP contribution in [0.15, 0.2) is 134 Å². The number of rotatable bonds is 9. The molecule has 0 atom stereocenters. The molecule has 0 fully saturated rings. The van der Waals surface area contributed by atoms with Crippen LogP contribution in [0.4, 0.5) is 0 Å². The Morgan fingerprint density at radius 2 is 1.19 bits per heavy atom. The molecule has 1 radical (unpaired) electrons. The van der Waals surface area contributed by atoms with Crippen molar-refractivity contribution in [2.75, 3.05) is 0 Å². The van der Waals surface area contributed by atoms with Crippen molar-refractivity contribution < 1.29 is 20.1 Å². The molecule has 291 valence electrons. The molecule has 8 rings (SSSR count). The molecule has 57 heavy (non-hydrogen) atoms. The zero-order valence-electron chi connectivity index (χ0n) is 34.7. The molecule has 2 heterocycles. The summed E-state index contributed by atoms with van der Waals surface area (Å²) < 4.78 is 0. The third kappa shape index (κ3) is 9.44. The van der Waals surface area contributed by atoms with Gasteiger partial charge in [0.1, 0.15) is 0 Å². The topological polar surface area (TPSA) is 25.8 Å². The van der Waals surface area contributed by atoms with Crippen LogP contribution >= 0.6 is 0 Å². The minimum absolute atomic E-state index is 0. The first-order valence-corrected chi connectivity index (χ1v) is 20.4. The Kier molecular flexibility index (Phi) is 13.6. The minimum atomic E-state index is 0. The van der Waals surface area contributed by atoms with Gasteiger partial charge in [0.05, 0.1) is 0 Å². The Balaban J connectivity index is 0.000000359. The van der Waals surface area contributed by atoms with Gasteiger partial charge in [-0.3, -0.25) is 0 Å². The van der Waals surface area contributed by atoms with E-state index in [0.717, 1.165) is 35.4 Å². The second-order valence-electron chi connectivity index (χ2n) is 16.7. The molecule has 2 aromatic heterocycles. The van der Waals surface area contributed by atoms with Gasteiger partial charge in [0.2, 0.25) is 0 Å². The van der Waals surface area contributed by atoms with E-state index in [9.17, 15) is 0 Å². The van der Waals surface area contributed by atoms with Crippen molar-refractivity contribution in [2.45, 2.75) is 80.1 Å². The van der Waals surface area contributed by atoms with Crippen LogP contribution in [0.3, 0.4) is 0 Å². The summed E-state index contributed by atoms with van der Waals surface area (Å²) in [7, 11) is 0. The molecule has 0 saturated heterocycles. The fourth-order valence-corrected chi connectivity index (χ4v) is 8.10. The van der Waals surface area contributed by atoms with Gasteiger partial charge < -0.3 is 9.97 Å². The van der Waals surface area contributed by atoms with Crippen LogP contribution in [0, 0.1) is 24.0 Å². The van der Waals surface area contributed by atoms with Gasteiger partial charge in [-0.2, -0.15) is 0 Å². The standard InChI is InChI=1S/C43H46N.C11H8N.Ir/c1-26(2)20-30-22-31(21-27(3)4)24-34(23-30)43-41-17-16-38-37-14-13-33(25-32(37)12-15-39(38)40(41)18-19-44-43)42-35(28(5)6)10-9-11-36(42)29(7)8;1-2-6-10(7-3-1)11-8-4-5-9-12-11;/h9-19,22-23,25-29H,20-21H2,1-8H3;1-6,8-9H;/q2*-1;. The molecule has 6 aromatic carbocycles. The molecule has 0 aliphatic rings. The van der Waals surface area contributed by atoms with E-state index in [-0.39, 0.29) is 20.1 Å². The van der Waals surface area contributed by atoms with Crippen LogP contribution in [0.5, 0.6) is 0 Å². The Morgan fingerprint density at radius 1 is 0.526 bits per heavy atom. The molecule has 2 nitrogen and oxygen atoms in total. The molecule has 8 aromatic rings. The summed E-state index contributed by atoms with van der Waals surface area (Å²) in [5, 5.41) is 7.58. The quantitative estimate of drug-likeness (QED) is 0.106. The third-order valence-electron chi connectivity index (χ3n) is 10.6. The molecular formula is C54H54IrN2-2. The van der Waals surface area contributed by atoms with Gasteiger partial charge in [-0.1, -0.05) is 122 Å². The van der Waals surface area contributed by atoms with Crippen molar-refractivity contribution in [3.63, 3.8) is 0 Å². The maximum Gasteiger partial charge on any atom is 0.0167 e. The normalized spacial score (nSPS) is 11.4. The molecule has 0 saturated carbocycles. The first-order valence-electron chi connectivity index (χ1n) is 20.4. The van der Waals surface area contributed by atoms with E-state index in [1.165, 1.54) is 65.7 Å². The molecule has 0 bridgehead atoms. The zero-order valence-corrected chi connectivity index (χ0v) is 37.0. The molecule has 0 amide bonds. The van der Waals surface area contributed by atoms with Crippen molar-refractivity contribution in [3.05, 3.63) is 168 Å². The molecule has 0 aliphatic heterocycles. The Labute approximate surface area is 354 Å². The van der Waals surface area contributed by atoms with E-state index in [0.29, 0.717) is 23.7 Å². The molecule has 3 heteroatoms. The Bertz CT molecular complexity index is 2490. The predicted molar refractivity (Wildman–Crippen MR) is 240 cm³/mol. The van der Waals surface area contributed by atoms with Crippen molar-refractivity contribution in [1.82, 2.24) is 9.97 Å². The van der Waals surface area contributed by atoms with Crippen molar-refractivity contribution in [1.29, 1.82) is 0 Å². The maximum atomic E-state index is 4.95. The van der Waals surface area contributed by atoms with E-state index in [1.54, 1.807) is 6.20 Å². The fourth-order valence-electron chi connectivity index (χ4n) is 8.10. The van der Waals surface area contributed by atoms with E-state index < -0.39 is 0 Å². The number of pyridine rings is 2. The SMILES string of the molecule is CC(C)Cc1[c-]c(-c2nccc3c2ccc2c4ccc(-c5c(C(C)C)cccc5C(C)C)cc4ccc32)cc(CC(C)C)c1.[Ir].[c-]1ccccc1-c1ccccn1. The molecule has 0 N–H and O–H groups in total. The number of aromatic nitrogens is 2. The van der Waals surface area contributed by atoms with Crippen LogP contribution in [0.1, 0.15) is 89.5 Å². The third-order valence-corrected chi connectivity index (χ3v) is 10.6. The zero-order chi connectivity index (χ0) is 39.3. The number of hydrogen-bond acceptors (Lipinski definition) is 2. The van der Waals surface area contributed by atoms with Crippen LogP contribution in [0.2, 0.25) is 0 Å². The predicted octanol–water partition coefficient (Wildman–Crippen LogP) is 14.9. The Hall–Kier alpha value is -4.95. The number of fused-ring (bicyclic) bond motifs is 5. The van der Waals surface area contributed by atoms with Gasteiger partial charge >= 0.3 is 0 Å². The monoisotopic (exact) mass is 923 g/mol. The molecule has 0 unspecified atom stereocenters. The van der Waals surface area contributed by atoms with Crippen LogP contribution in [-0.2, 0) is 32.9 Å².